The summed E-state index contributed by atoms with van der Waals surface area (Å²) in [5.41, 5.74) is 0.369. The molecule has 0 fully saturated rings. The molecule has 0 aliphatic carbocycles. The van der Waals surface area contributed by atoms with E-state index >= 15 is 0 Å². The number of rotatable bonds is 2. The lowest BCUT2D eigenvalue weighted by Crippen LogP contribution is -2.22. The summed E-state index contributed by atoms with van der Waals surface area (Å²) in [6.07, 6.45) is 0. The third-order valence-electron chi connectivity index (χ3n) is 2.50. The van der Waals surface area contributed by atoms with Crippen molar-refractivity contribution in [1.29, 1.82) is 0 Å². The Balaban J connectivity index is 2.80. The molecule has 0 aliphatic rings. The zero-order valence-electron chi connectivity index (χ0n) is 9.33. The van der Waals surface area contributed by atoms with E-state index in [9.17, 15) is 9.90 Å². The van der Waals surface area contributed by atoms with Crippen molar-refractivity contribution in [3.63, 3.8) is 0 Å². The van der Waals surface area contributed by atoms with E-state index in [1.807, 2.05) is 25.1 Å². The van der Waals surface area contributed by atoms with Crippen LogP contribution in [0.1, 0.15) is 6.92 Å². The van der Waals surface area contributed by atoms with E-state index in [1.165, 1.54) is 15.2 Å². The molecule has 0 unspecified atom stereocenters. The van der Waals surface area contributed by atoms with E-state index < -0.39 is 0 Å². The highest BCUT2D eigenvalue weighted by molar-refractivity contribution is 7.71. The largest absolute Gasteiger partial charge is 0.494 e. The van der Waals surface area contributed by atoms with Gasteiger partial charge >= 0.3 is 0 Å². The lowest BCUT2D eigenvalue weighted by molar-refractivity contribution is 0.406. The molecular weight excluding hydrogens is 236 g/mol. The van der Waals surface area contributed by atoms with E-state index in [0.717, 1.165) is 0 Å². The lowest BCUT2D eigenvalue weighted by atomic mass is 10.3. The van der Waals surface area contributed by atoms with Gasteiger partial charge in [-0.1, -0.05) is 18.2 Å². The van der Waals surface area contributed by atoms with Gasteiger partial charge in [0.2, 0.25) is 0 Å². The monoisotopic (exact) mass is 248 g/mol. The van der Waals surface area contributed by atoms with Gasteiger partial charge in [-0.05, 0) is 31.3 Å². The molecule has 17 heavy (non-hydrogen) atoms. The predicted molar refractivity (Wildman–Crippen MR) is 68.2 cm³/mol. The van der Waals surface area contributed by atoms with Crippen LogP contribution in [0, 0.1) is 4.77 Å². The van der Waals surface area contributed by atoms with Gasteiger partial charge in [-0.3, -0.25) is 13.9 Å². The molecule has 0 bridgehead atoms. The molecule has 4 nitrogen and oxygen atoms in total. The van der Waals surface area contributed by atoms with Crippen molar-refractivity contribution in [2.45, 2.75) is 13.5 Å². The SMILES string of the molecule is CCn1c(O)cc(=O)n(-c2ccccc2)c1=S. The fourth-order valence-corrected chi connectivity index (χ4v) is 2.10. The summed E-state index contributed by atoms with van der Waals surface area (Å²) in [4.78, 5) is 11.9. The standard InChI is InChI=1S/C12H12N2O2S/c1-2-13-10(15)8-11(16)14(12(13)17)9-6-4-3-5-7-9/h3-8,15H,2H2,1H3. The van der Waals surface area contributed by atoms with Gasteiger partial charge in [-0.2, -0.15) is 0 Å². The molecule has 0 atom stereocenters. The third kappa shape index (κ3) is 2.01. The Hall–Kier alpha value is -1.88. The Morgan fingerprint density at radius 1 is 1.29 bits per heavy atom. The molecule has 1 N–H and O–H groups in total. The van der Waals surface area contributed by atoms with Gasteiger partial charge in [0, 0.05) is 6.54 Å². The van der Waals surface area contributed by atoms with Crippen molar-refractivity contribution < 1.29 is 5.11 Å². The quantitative estimate of drug-likeness (QED) is 0.828. The first kappa shape index (κ1) is 11.6. The van der Waals surface area contributed by atoms with E-state index in [-0.39, 0.29) is 11.4 Å². The molecule has 0 saturated heterocycles. The van der Waals surface area contributed by atoms with E-state index in [1.54, 1.807) is 12.1 Å². The van der Waals surface area contributed by atoms with Crippen LogP contribution < -0.4 is 5.56 Å². The maximum atomic E-state index is 11.9. The molecule has 2 rings (SSSR count). The zero-order chi connectivity index (χ0) is 12.4. The van der Waals surface area contributed by atoms with E-state index in [0.29, 0.717) is 17.0 Å². The highest BCUT2D eigenvalue weighted by Gasteiger charge is 2.07. The van der Waals surface area contributed by atoms with Crippen molar-refractivity contribution >= 4 is 12.2 Å². The van der Waals surface area contributed by atoms with Gasteiger partial charge in [0.25, 0.3) is 5.56 Å². The van der Waals surface area contributed by atoms with Crippen molar-refractivity contribution in [2.75, 3.05) is 0 Å². The molecule has 88 valence electrons. The zero-order valence-corrected chi connectivity index (χ0v) is 10.1. The van der Waals surface area contributed by atoms with Crippen LogP contribution in [0.4, 0.5) is 0 Å². The fourth-order valence-electron chi connectivity index (χ4n) is 1.68. The van der Waals surface area contributed by atoms with Gasteiger partial charge in [0.15, 0.2) is 10.7 Å². The van der Waals surface area contributed by atoms with Crippen LogP contribution in [0.25, 0.3) is 5.69 Å². The molecule has 0 amide bonds. The topological polar surface area (TPSA) is 47.2 Å². The number of hydrogen-bond acceptors (Lipinski definition) is 3. The van der Waals surface area contributed by atoms with Gasteiger partial charge in [0.05, 0.1) is 11.8 Å². The number of nitrogens with zero attached hydrogens (tertiary/aromatic N) is 2. The van der Waals surface area contributed by atoms with Crippen molar-refractivity contribution in [3.05, 3.63) is 51.5 Å². The average Bonchev–Trinajstić information content (AvgIpc) is 2.30. The summed E-state index contributed by atoms with van der Waals surface area (Å²) in [6, 6.07) is 10.3. The Bertz CT molecular complexity index is 644. The molecule has 0 radical (unpaired) electrons. The van der Waals surface area contributed by atoms with Crippen LogP contribution in [-0.4, -0.2) is 14.2 Å². The first-order valence-corrected chi connectivity index (χ1v) is 5.67. The van der Waals surface area contributed by atoms with Crippen LogP contribution in [-0.2, 0) is 6.54 Å². The Morgan fingerprint density at radius 3 is 2.53 bits per heavy atom. The van der Waals surface area contributed by atoms with Crippen LogP contribution in [0.3, 0.4) is 0 Å². The summed E-state index contributed by atoms with van der Waals surface area (Å²) >= 11 is 5.21. The summed E-state index contributed by atoms with van der Waals surface area (Å²) in [5.74, 6) is -0.102. The maximum Gasteiger partial charge on any atom is 0.262 e. The molecule has 0 saturated carbocycles. The second-order valence-electron chi connectivity index (χ2n) is 3.54. The summed E-state index contributed by atoms with van der Waals surface area (Å²) in [5, 5.41) is 9.63. The second-order valence-corrected chi connectivity index (χ2v) is 3.90. The van der Waals surface area contributed by atoms with Gasteiger partial charge < -0.3 is 5.11 Å². The first-order chi connectivity index (χ1) is 8.15. The summed E-state index contributed by atoms with van der Waals surface area (Å²) in [7, 11) is 0. The predicted octanol–water partition coefficient (Wildman–Crippen LogP) is 2.09. The molecule has 1 heterocycles. The average molecular weight is 248 g/mol. The van der Waals surface area contributed by atoms with Gasteiger partial charge in [-0.25, -0.2) is 0 Å². The number of para-hydroxylation sites is 1. The van der Waals surface area contributed by atoms with E-state index in [4.69, 9.17) is 12.2 Å². The molecule has 1 aromatic carbocycles. The third-order valence-corrected chi connectivity index (χ3v) is 2.91. The molecule has 0 aliphatic heterocycles. The number of hydrogen-bond donors (Lipinski definition) is 1. The van der Waals surface area contributed by atoms with Crippen LogP contribution in [0.2, 0.25) is 0 Å². The van der Waals surface area contributed by atoms with Gasteiger partial charge in [0.1, 0.15) is 0 Å². The smallest absolute Gasteiger partial charge is 0.262 e. The minimum atomic E-state index is -0.330. The first-order valence-electron chi connectivity index (χ1n) is 5.26. The maximum absolute atomic E-state index is 11.9. The molecule has 2 aromatic rings. The van der Waals surface area contributed by atoms with Crippen molar-refractivity contribution in [2.24, 2.45) is 0 Å². The van der Waals surface area contributed by atoms with Crippen LogP contribution in [0.15, 0.2) is 41.2 Å². The highest BCUT2D eigenvalue weighted by atomic mass is 32.1. The molecule has 0 spiro atoms. The molecular formula is C12H12N2O2S. The Kier molecular flexibility index (Phi) is 3.10. The van der Waals surface area contributed by atoms with Gasteiger partial charge in [-0.15, -0.1) is 0 Å². The summed E-state index contributed by atoms with van der Waals surface area (Å²) in [6.45, 7) is 2.37. The highest BCUT2D eigenvalue weighted by Crippen LogP contribution is 2.11. The van der Waals surface area contributed by atoms with Crippen molar-refractivity contribution in [1.82, 2.24) is 9.13 Å². The van der Waals surface area contributed by atoms with Crippen molar-refractivity contribution in [3.8, 4) is 11.6 Å². The minimum absolute atomic E-state index is 0.102. The number of aromatic nitrogens is 2. The minimum Gasteiger partial charge on any atom is -0.494 e. The Labute approximate surface area is 103 Å². The number of benzene rings is 1. The Morgan fingerprint density at radius 2 is 1.94 bits per heavy atom. The number of aromatic hydroxyl groups is 1. The molecule has 5 heteroatoms. The van der Waals surface area contributed by atoms with Crippen LogP contribution in [0.5, 0.6) is 5.88 Å². The lowest BCUT2D eigenvalue weighted by Gasteiger charge is -2.12. The summed E-state index contributed by atoms with van der Waals surface area (Å²) < 4.78 is 3.20. The second kappa shape index (κ2) is 4.55. The van der Waals surface area contributed by atoms with Crippen LogP contribution >= 0.6 is 12.2 Å². The van der Waals surface area contributed by atoms with E-state index in [2.05, 4.69) is 0 Å². The fraction of sp³-hybridized carbons (Fsp3) is 0.167. The molecule has 1 aromatic heterocycles. The normalized spacial score (nSPS) is 10.4.